The molecule has 0 aliphatic carbocycles. The summed E-state index contributed by atoms with van der Waals surface area (Å²) in [6.45, 7) is 4.60. The van der Waals surface area contributed by atoms with E-state index in [0.29, 0.717) is 12.2 Å². The van der Waals surface area contributed by atoms with Gasteiger partial charge in [-0.25, -0.2) is 0 Å². The molecular weight excluding hydrogens is 254 g/mol. The highest BCUT2D eigenvalue weighted by atomic mass is 16.5. The molecule has 20 heavy (non-hydrogen) atoms. The molecule has 1 aromatic rings. The first-order chi connectivity index (χ1) is 9.56. The first-order valence-corrected chi connectivity index (χ1v) is 7.13. The van der Waals surface area contributed by atoms with E-state index < -0.39 is 0 Å². The van der Waals surface area contributed by atoms with Crippen LogP contribution in [0.25, 0.3) is 0 Å². The number of amides is 1. The average Bonchev–Trinajstić information content (AvgIpc) is 2.38. The fourth-order valence-electron chi connectivity index (χ4n) is 2.50. The van der Waals surface area contributed by atoms with E-state index in [2.05, 4.69) is 0 Å². The molecule has 0 radical (unpaired) electrons. The molecule has 1 atom stereocenters. The summed E-state index contributed by atoms with van der Waals surface area (Å²) in [5.41, 5.74) is 1.05. The number of piperidine rings is 1. The van der Waals surface area contributed by atoms with Crippen molar-refractivity contribution in [1.82, 2.24) is 4.90 Å². The second-order valence-electron chi connectivity index (χ2n) is 5.39. The summed E-state index contributed by atoms with van der Waals surface area (Å²) in [7, 11) is 0. The van der Waals surface area contributed by atoms with Crippen molar-refractivity contribution in [2.45, 2.75) is 45.6 Å². The first kappa shape index (κ1) is 14.6. The topological polar surface area (TPSA) is 46.6 Å². The zero-order chi connectivity index (χ0) is 14.5. The molecule has 0 N–H and O–H groups in total. The van der Waals surface area contributed by atoms with Gasteiger partial charge in [0.2, 0.25) is 5.91 Å². The minimum absolute atomic E-state index is 0.0971. The molecule has 108 valence electrons. The van der Waals surface area contributed by atoms with Gasteiger partial charge in [0.05, 0.1) is 6.42 Å². The van der Waals surface area contributed by atoms with E-state index in [-0.39, 0.29) is 24.3 Å². The molecule has 1 aliphatic heterocycles. The van der Waals surface area contributed by atoms with Gasteiger partial charge in [-0.3, -0.25) is 9.59 Å². The summed E-state index contributed by atoms with van der Waals surface area (Å²) in [5, 5.41) is 0. The average molecular weight is 275 g/mol. The predicted octanol–water partition coefficient (Wildman–Crippen LogP) is 2.69. The number of nitrogens with zero attached hydrogens (tertiary/aromatic N) is 1. The Kier molecular flexibility index (Phi) is 4.77. The SMILES string of the molecule is Cc1cccc(OC(=O)C[C@H](C)N2CCCCC2=O)c1. The van der Waals surface area contributed by atoms with Gasteiger partial charge in [-0.15, -0.1) is 0 Å². The highest BCUT2D eigenvalue weighted by Gasteiger charge is 2.25. The lowest BCUT2D eigenvalue weighted by molar-refractivity contribution is -0.139. The Morgan fingerprint density at radius 3 is 2.90 bits per heavy atom. The van der Waals surface area contributed by atoms with Gasteiger partial charge in [0.15, 0.2) is 0 Å². The fraction of sp³-hybridized carbons (Fsp3) is 0.500. The standard InChI is InChI=1S/C16H21NO3/c1-12-6-5-7-14(10-12)20-16(19)11-13(2)17-9-4-3-8-15(17)18/h5-7,10,13H,3-4,8-9,11H2,1-2H3/t13-/m0/s1. The van der Waals surface area contributed by atoms with E-state index in [1.165, 1.54) is 0 Å². The largest absolute Gasteiger partial charge is 0.426 e. The first-order valence-electron chi connectivity index (χ1n) is 7.13. The highest BCUT2D eigenvalue weighted by molar-refractivity contribution is 5.79. The van der Waals surface area contributed by atoms with Crippen LogP contribution in [0.4, 0.5) is 0 Å². The Bertz CT molecular complexity index is 498. The summed E-state index contributed by atoms with van der Waals surface area (Å²) in [6, 6.07) is 7.30. The fourth-order valence-corrected chi connectivity index (χ4v) is 2.50. The van der Waals surface area contributed by atoms with Crippen molar-refractivity contribution < 1.29 is 14.3 Å². The van der Waals surface area contributed by atoms with E-state index in [9.17, 15) is 9.59 Å². The summed E-state index contributed by atoms with van der Waals surface area (Å²) >= 11 is 0. The van der Waals surface area contributed by atoms with Gasteiger partial charge in [0, 0.05) is 19.0 Å². The van der Waals surface area contributed by atoms with Gasteiger partial charge < -0.3 is 9.64 Å². The third-order valence-electron chi connectivity index (χ3n) is 3.58. The maximum atomic E-state index is 11.9. The molecule has 1 fully saturated rings. The normalized spacial score (nSPS) is 16.9. The molecule has 0 unspecified atom stereocenters. The molecule has 1 aliphatic rings. The van der Waals surface area contributed by atoms with Gasteiger partial charge in [0.25, 0.3) is 0 Å². The number of carbonyl (C=O) groups is 2. The second-order valence-corrected chi connectivity index (χ2v) is 5.39. The van der Waals surface area contributed by atoms with Crippen LogP contribution in [0.2, 0.25) is 0 Å². The van der Waals surface area contributed by atoms with E-state index in [1.54, 1.807) is 11.0 Å². The number of benzene rings is 1. The van der Waals surface area contributed by atoms with Crippen LogP contribution in [0, 0.1) is 6.92 Å². The number of esters is 1. The number of likely N-dealkylation sites (tertiary alicyclic amines) is 1. The Hall–Kier alpha value is -1.84. The van der Waals surface area contributed by atoms with Crippen molar-refractivity contribution in [1.29, 1.82) is 0 Å². The molecule has 1 saturated heterocycles. The monoisotopic (exact) mass is 275 g/mol. The highest BCUT2D eigenvalue weighted by Crippen LogP contribution is 2.17. The molecule has 4 nitrogen and oxygen atoms in total. The number of ether oxygens (including phenoxy) is 1. The molecule has 0 saturated carbocycles. The van der Waals surface area contributed by atoms with Crippen LogP contribution in [-0.2, 0) is 9.59 Å². The van der Waals surface area contributed by atoms with Crippen LogP contribution in [0.5, 0.6) is 5.75 Å². The van der Waals surface area contributed by atoms with Crippen molar-refractivity contribution >= 4 is 11.9 Å². The minimum Gasteiger partial charge on any atom is -0.426 e. The molecule has 2 rings (SSSR count). The number of carbonyl (C=O) groups excluding carboxylic acids is 2. The summed E-state index contributed by atoms with van der Waals surface area (Å²) in [5.74, 6) is 0.417. The van der Waals surface area contributed by atoms with E-state index in [0.717, 1.165) is 24.9 Å². The van der Waals surface area contributed by atoms with Crippen LogP contribution in [0.3, 0.4) is 0 Å². The molecule has 4 heteroatoms. The Balaban J connectivity index is 1.89. The van der Waals surface area contributed by atoms with E-state index in [1.807, 2.05) is 32.0 Å². The molecule has 0 bridgehead atoms. The lowest BCUT2D eigenvalue weighted by Crippen LogP contribution is -2.43. The molecule has 0 aromatic heterocycles. The van der Waals surface area contributed by atoms with Gasteiger partial charge in [-0.1, -0.05) is 12.1 Å². The van der Waals surface area contributed by atoms with Crippen molar-refractivity contribution in [3.63, 3.8) is 0 Å². The zero-order valence-electron chi connectivity index (χ0n) is 12.1. The second kappa shape index (κ2) is 6.55. The van der Waals surface area contributed by atoms with Gasteiger partial charge in [-0.2, -0.15) is 0 Å². The van der Waals surface area contributed by atoms with Crippen LogP contribution in [-0.4, -0.2) is 29.4 Å². The summed E-state index contributed by atoms with van der Waals surface area (Å²) < 4.78 is 5.32. The molecular formula is C16H21NO3. The van der Waals surface area contributed by atoms with Gasteiger partial charge in [0.1, 0.15) is 5.75 Å². The van der Waals surface area contributed by atoms with Crippen LogP contribution in [0.15, 0.2) is 24.3 Å². The van der Waals surface area contributed by atoms with Crippen LogP contribution >= 0.6 is 0 Å². The van der Waals surface area contributed by atoms with Crippen molar-refractivity contribution in [2.75, 3.05) is 6.54 Å². The number of rotatable bonds is 4. The van der Waals surface area contributed by atoms with Crippen molar-refractivity contribution in [2.24, 2.45) is 0 Å². The Morgan fingerprint density at radius 2 is 2.20 bits per heavy atom. The van der Waals surface area contributed by atoms with Crippen molar-refractivity contribution in [3.05, 3.63) is 29.8 Å². The molecule has 1 amide bonds. The third-order valence-corrected chi connectivity index (χ3v) is 3.58. The summed E-state index contributed by atoms with van der Waals surface area (Å²) in [6.07, 6.45) is 2.80. The predicted molar refractivity (Wildman–Crippen MR) is 76.5 cm³/mol. The van der Waals surface area contributed by atoms with Crippen LogP contribution in [0.1, 0.15) is 38.2 Å². The molecule has 1 aromatic carbocycles. The zero-order valence-corrected chi connectivity index (χ0v) is 12.1. The minimum atomic E-state index is -0.290. The quantitative estimate of drug-likeness (QED) is 0.627. The molecule has 1 heterocycles. The smallest absolute Gasteiger partial charge is 0.313 e. The third kappa shape index (κ3) is 3.83. The summed E-state index contributed by atoms with van der Waals surface area (Å²) in [4.78, 5) is 25.5. The number of aryl methyl sites for hydroxylation is 1. The van der Waals surface area contributed by atoms with E-state index >= 15 is 0 Å². The lowest BCUT2D eigenvalue weighted by atomic mass is 10.1. The maximum Gasteiger partial charge on any atom is 0.313 e. The maximum absolute atomic E-state index is 11.9. The number of hydrogen-bond donors (Lipinski definition) is 0. The Labute approximate surface area is 119 Å². The van der Waals surface area contributed by atoms with Gasteiger partial charge >= 0.3 is 5.97 Å². The van der Waals surface area contributed by atoms with Crippen LogP contribution < -0.4 is 4.74 Å². The Morgan fingerprint density at radius 1 is 1.40 bits per heavy atom. The lowest BCUT2D eigenvalue weighted by Gasteiger charge is -2.32. The van der Waals surface area contributed by atoms with Gasteiger partial charge in [-0.05, 0) is 44.4 Å². The van der Waals surface area contributed by atoms with Crippen molar-refractivity contribution in [3.8, 4) is 5.75 Å². The number of hydrogen-bond acceptors (Lipinski definition) is 3. The van der Waals surface area contributed by atoms with E-state index in [4.69, 9.17) is 4.74 Å². The molecule has 0 spiro atoms.